The average molecular weight is 213 g/mol. The van der Waals surface area contributed by atoms with Crippen molar-refractivity contribution in [1.82, 2.24) is 0 Å². The van der Waals surface area contributed by atoms with Crippen LogP contribution in [0.4, 0.5) is 0 Å². The summed E-state index contributed by atoms with van der Waals surface area (Å²) in [5.74, 6) is 0.0390. The highest BCUT2D eigenvalue weighted by molar-refractivity contribution is 6.28. The number of carbonyl (C=O) groups is 1. The van der Waals surface area contributed by atoms with Crippen molar-refractivity contribution in [2.75, 3.05) is 12.5 Å². The molecular weight excluding hydrogens is 199 g/mol. The van der Waals surface area contributed by atoms with Gasteiger partial charge in [0.05, 0.1) is 10.8 Å². The summed E-state index contributed by atoms with van der Waals surface area (Å²) in [5, 5.41) is -0.294. The van der Waals surface area contributed by atoms with Crippen molar-refractivity contribution in [2.24, 2.45) is 5.41 Å². The normalized spacial score (nSPS) is 14.1. The topological polar surface area (TPSA) is 26.3 Å². The summed E-state index contributed by atoms with van der Waals surface area (Å²) in [7, 11) is 0. The molecule has 2 nitrogen and oxygen atoms in total. The Morgan fingerprint density at radius 1 is 1.50 bits per heavy atom. The third kappa shape index (κ3) is 4.83. The molecule has 4 heteroatoms. The minimum atomic E-state index is -0.469. The van der Waals surface area contributed by atoms with E-state index in [-0.39, 0.29) is 18.0 Å². The van der Waals surface area contributed by atoms with Gasteiger partial charge in [0.15, 0.2) is 0 Å². The minimum Gasteiger partial charge on any atom is -0.464 e. The number of halogens is 2. The zero-order valence-corrected chi connectivity index (χ0v) is 9.08. The summed E-state index contributed by atoms with van der Waals surface area (Å²) < 4.78 is 4.90. The van der Waals surface area contributed by atoms with Gasteiger partial charge in [-0.05, 0) is 20.8 Å². The lowest BCUT2D eigenvalue weighted by Gasteiger charge is -2.17. The Hall–Kier alpha value is 0.0500. The first-order valence-corrected chi connectivity index (χ1v) is 4.72. The van der Waals surface area contributed by atoms with E-state index in [2.05, 4.69) is 0 Å². The molecule has 0 saturated carbocycles. The maximum absolute atomic E-state index is 11.2. The van der Waals surface area contributed by atoms with E-state index >= 15 is 0 Å². The maximum Gasteiger partial charge on any atom is 0.311 e. The molecular formula is C8H14Cl2O2. The molecule has 0 spiro atoms. The molecule has 0 rings (SSSR count). The number of alkyl halides is 2. The van der Waals surface area contributed by atoms with E-state index in [4.69, 9.17) is 27.9 Å². The third-order valence-electron chi connectivity index (χ3n) is 1.18. The van der Waals surface area contributed by atoms with Crippen molar-refractivity contribution < 1.29 is 9.53 Å². The second-order valence-electron chi connectivity index (χ2n) is 3.60. The van der Waals surface area contributed by atoms with E-state index in [9.17, 15) is 4.79 Å². The second kappa shape index (κ2) is 4.93. The fraction of sp³-hybridized carbons (Fsp3) is 0.875. The quantitative estimate of drug-likeness (QED) is 0.531. The van der Waals surface area contributed by atoms with E-state index in [1.54, 1.807) is 20.8 Å². The summed E-state index contributed by atoms with van der Waals surface area (Å²) in [6, 6.07) is 0. The molecule has 0 aromatic rings. The SMILES string of the molecule is CC(C)(C)C(=O)OCC(Cl)CCl. The van der Waals surface area contributed by atoms with Crippen molar-refractivity contribution in [2.45, 2.75) is 26.1 Å². The summed E-state index contributed by atoms with van der Waals surface area (Å²) in [4.78, 5) is 11.2. The molecule has 1 atom stereocenters. The highest BCUT2D eigenvalue weighted by Crippen LogP contribution is 2.15. The average Bonchev–Trinajstić information content (AvgIpc) is 1.97. The van der Waals surface area contributed by atoms with Gasteiger partial charge in [-0.25, -0.2) is 0 Å². The molecule has 0 amide bonds. The zero-order valence-electron chi connectivity index (χ0n) is 7.56. The van der Waals surface area contributed by atoms with E-state index in [1.165, 1.54) is 0 Å². The van der Waals surface area contributed by atoms with Crippen LogP contribution < -0.4 is 0 Å². The van der Waals surface area contributed by atoms with Crippen LogP contribution >= 0.6 is 23.2 Å². The molecule has 0 saturated heterocycles. The van der Waals surface area contributed by atoms with Gasteiger partial charge in [-0.15, -0.1) is 23.2 Å². The Labute approximate surface area is 83.2 Å². The molecule has 0 N–H and O–H groups in total. The number of hydrogen-bond donors (Lipinski definition) is 0. The Kier molecular flexibility index (Phi) is 4.95. The van der Waals surface area contributed by atoms with Gasteiger partial charge in [0.25, 0.3) is 0 Å². The Morgan fingerprint density at radius 3 is 2.33 bits per heavy atom. The smallest absolute Gasteiger partial charge is 0.311 e. The van der Waals surface area contributed by atoms with Gasteiger partial charge >= 0.3 is 5.97 Å². The van der Waals surface area contributed by atoms with Gasteiger partial charge in [0.2, 0.25) is 0 Å². The molecule has 0 aliphatic heterocycles. The Morgan fingerprint density at radius 2 is 2.00 bits per heavy atom. The standard InChI is InChI=1S/C8H14Cl2O2/c1-8(2,3)7(11)12-5-6(10)4-9/h6H,4-5H2,1-3H3. The van der Waals surface area contributed by atoms with Crippen LogP contribution in [0, 0.1) is 5.41 Å². The predicted octanol–water partition coefficient (Wildman–Crippen LogP) is 2.42. The molecule has 1 unspecified atom stereocenters. The number of hydrogen-bond acceptors (Lipinski definition) is 2. The molecule has 72 valence electrons. The summed E-state index contributed by atoms with van der Waals surface area (Å²) in [5.41, 5.74) is -0.469. The van der Waals surface area contributed by atoms with Crippen molar-refractivity contribution in [3.05, 3.63) is 0 Å². The van der Waals surface area contributed by atoms with Crippen molar-refractivity contribution in [1.29, 1.82) is 0 Å². The lowest BCUT2D eigenvalue weighted by Crippen LogP contribution is -2.26. The molecule has 0 bridgehead atoms. The van der Waals surface area contributed by atoms with Gasteiger partial charge in [-0.2, -0.15) is 0 Å². The van der Waals surface area contributed by atoms with Crippen LogP contribution in [0.1, 0.15) is 20.8 Å². The molecule has 0 fully saturated rings. The molecule has 0 heterocycles. The van der Waals surface area contributed by atoms with Gasteiger partial charge in [-0.3, -0.25) is 4.79 Å². The summed E-state index contributed by atoms with van der Waals surface area (Å²) in [6.45, 7) is 5.55. The fourth-order valence-electron chi connectivity index (χ4n) is 0.427. The summed E-state index contributed by atoms with van der Waals surface area (Å²) >= 11 is 11.1. The first kappa shape index (κ1) is 12.0. The van der Waals surface area contributed by atoms with Crippen LogP contribution in [-0.4, -0.2) is 23.8 Å². The van der Waals surface area contributed by atoms with Crippen LogP contribution in [0.15, 0.2) is 0 Å². The van der Waals surface area contributed by atoms with Gasteiger partial charge in [0.1, 0.15) is 6.61 Å². The van der Waals surface area contributed by atoms with Gasteiger partial charge in [0, 0.05) is 5.88 Å². The number of carbonyl (C=O) groups excluding carboxylic acids is 1. The van der Waals surface area contributed by atoms with Crippen molar-refractivity contribution in [3.63, 3.8) is 0 Å². The van der Waals surface area contributed by atoms with Crippen LogP contribution in [0.2, 0.25) is 0 Å². The number of esters is 1. The minimum absolute atomic E-state index is 0.182. The highest BCUT2D eigenvalue weighted by Gasteiger charge is 2.23. The highest BCUT2D eigenvalue weighted by atomic mass is 35.5. The lowest BCUT2D eigenvalue weighted by molar-refractivity contribution is -0.152. The maximum atomic E-state index is 11.2. The van der Waals surface area contributed by atoms with Crippen molar-refractivity contribution in [3.8, 4) is 0 Å². The molecule has 0 aromatic heterocycles. The Balaban J connectivity index is 3.73. The third-order valence-corrected chi connectivity index (χ3v) is 1.99. The first-order chi connectivity index (χ1) is 5.38. The van der Waals surface area contributed by atoms with Crippen LogP contribution in [0.25, 0.3) is 0 Å². The molecule has 0 aliphatic rings. The van der Waals surface area contributed by atoms with E-state index in [0.717, 1.165) is 0 Å². The second-order valence-corrected chi connectivity index (χ2v) is 4.53. The van der Waals surface area contributed by atoms with E-state index < -0.39 is 5.41 Å². The van der Waals surface area contributed by atoms with Crippen molar-refractivity contribution >= 4 is 29.2 Å². The number of ether oxygens (including phenoxy) is 1. The van der Waals surface area contributed by atoms with Gasteiger partial charge < -0.3 is 4.74 Å². The fourth-order valence-corrected chi connectivity index (χ4v) is 0.579. The lowest BCUT2D eigenvalue weighted by atomic mass is 9.97. The molecule has 0 aromatic carbocycles. The zero-order chi connectivity index (χ0) is 9.78. The molecule has 0 aliphatic carbocycles. The first-order valence-electron chi connectivity index (χ1n) is 3.75. The molecule has 0 radical (unpaired) electrons. The predicted molar refractivity (Wildman–Crippen MR) is 50.8 cm³/mol. The van der Waals surface area contributed by atoms with Crippen LogP contribution in [0.3, 0.4) is 0 Å². The number of rotatable bonds is 3. The summed E-state index contributed by atoms with van der Waals surface area (Å²) in [6.07, 6.45) is 0. The van der Waals surface area contributed by atoms with Crippen LogP contribution in [0.5, 0.6) is 0 Å². The van der Waals surface area contributed by atoms with Crippen LogP contribution in [-0.2, 0) is 9.53 Å². The van der Waals surface area contributed by atoms with E-state index in [1.807, 2.05) is 0 Å². The van der Waals surface area contributed by atoms with E-state index in [0.29, 0.717) is 5.88 Å². The largest absolute Gasteiger partial charge is 0.464 e. The Bertz CT molecular complexity index is 152. The molecule has 12 heavy (non-hydrogen) atoms. The monoisotopic (exact) mass is 212 g/mol. The van der Waals surface area contributed by atoms with Gasteiger partial charge in [-0.1, -0.05) is 0 Å².